The number of ether oxygens (including phenoxy) is 6. The molecular formula is C28H27NO12Se. The van der Waals surface area contributed by atoms with Crippen LogP contribution in [0.3, 0.4) is 0 Å². The molecule has 0 amide bonds. The van der Waals surface area contributed by atoms with Crippen LogP contribution >= 0.6 is 0 Å². The Balaban J connectivity index is 1.62. The smallest absolute Gasteiger partial charge is 0.253 e. The van der Waals surface area contributed by atoms with Crippen molar-refractivity contribution in [2.24, 2.45) is 0 Å². The van der Waals surface area contributed by atoms with Gasteiger partial charge in [-0.25, -0.2) is 0 Å². The van der Waals surface area contributed by atoms with E-state index in [0.717, 1.165) is 32.0 Å². The number of carbonyl (C=O) groups excluding carboxylic acids is 5. The second-order valence-electron chi connectivity index (χ2n) is 9.21. The van der Waals surface area contributed by atoms with E-state index in [1.807, 2.05) is 12.1 Å². The van der Waals surface area contributed by atoms with E-state index in [1.54, 1.807) is 27.8 Å². The molecule has 2 heterocycles. The van der Waals surface area contributed by atoms with Crippen molar-refractivity contribution >= 4 is 54.2 Å². The zero-order valence-corrected chi connectivity index (χ0v) is 24.7. The maximum atomic E-state index is 13.2. The van der Waals surface area contributed by atoms with Crippen LogP contribution in [0.2, 0.25) is 0 Å². The summed E-state index contributed by atoms with van der Waals surface area (Å²) >= 11 is -0.274. The van der Waals surface area contributed by atoms with Crippen LogP contribution in [0.15, 0.2) is 53.3 Å². The number of nitrogens with zero attached hydrogens (tertiary/aromatic N) is 1. The summed E-state index contributed by atoms with van der Waals surface area (Å²) in [6.07, 6.45) is -7.32. The van der Waals surface area contributed by atoms with Crippen LogP contribution in [0.4, 0.5) is 0 Å². The van der Waals surface area contributed by atoms with E-state index in [1.165, 1.54) is 12.1 Å². The molecule has 222 valence electrons. The van der Waals surface area contributed by atoms with Gasteiger partial charge in [-0.05, 0) is 0 Å². The molecule has 0 N–H and O–H groups in total. The van der Waals surface area contributed by atoms with Crippen LogP contribution in [0.1, 0.15) is 38.1 Å². The molecule has 5 atom stereocenters. The molecule has 1 aliphatic heterocycles. The molecule has 0 unspecified atom stereocenters. The standard InChI is InChI=1S/C28H27NO12Se/c1-14(30)36-13-21-23(37-15(2)31)24(38-16(3)32)25(39-17(4)33)28(40-21)41-27(35)18-9-11-19(12-10-18)29-26(34)20-7-5-6-8-22(20)42-29/h5-12,21,23-25,28H,13H2,1-4H3/t21-,23-,24+,25-,28+/m1/s1. The van der Waals surface area contributed by atoms with Gasteiger partial charge < -0.3 is 0 Å². The zero-order valence-electron chi connectivity index (χ0n) is 23.0. The Morgan fingerprint density at radius 3 is 1.95 bits per heavy atom. The van der Waals surface area contributed by atoms with Gasteiger partial charge in [-0.2, -0.15) is 0 Å². The van der Waals surface area contributed by atoms with Crippen molar-refractivity contribution < 1.29 is 52.4 Å². The minimum atomic E-state index is -1.66. The molecule has 42 heavy (non-hydrogen) atoms. The first-order chi connectivity index (χ1) is 19.9. The fourth-order valence-corrected chi connectivity index (χ4v) is 6.43. The van der Waals surface area contributed by atoms with Gasteiger partial charge in [0.15, 0.2) is 0 Å². The van der Waals surface area contributed by atoms with Gasteiger partial charge in [-0.1, -0.05) is 0 Å². The summed E-state index contributed by atoms with van der Waals surface area (Å²) in [5.41, 5.74) is 0.515. The summed E-state index contributed by atoms with van der Waals surface area (Å²) in [6, 6.07) is 13.4. The zero-order chi connectivity index (χ0) is 30.6. The van der Waals surface area contributed by atoms with Crippen molar-refractivity contribution in [1.82, 2.24) is 3.56 Å². The van der Waals surface area contributed by atoms with Crippen LogP contribution in [0.5, 0.6) is 0 Å². The van der Waals surface area contributed by atoms with Crippen molar-refractivity contribution in [3.8, 4) is 5.69 Å². The Hall–Kier alpha value is -4.26. The number of benzene rings is 2. The Kier molecular flexibility index (Phi) is 9.61. The van der Waals surface area contributed by atoms with Crippen LogP contribution in [-0.4, -0.2) is 85.5 Å². The summed E-state index contributed by atoms with van der Waals surface area (Å²) in [4.78, 5) is 73.3. The monoisotopic (exact) mass is 649 g/mol. The van der Waals surface area contributed by atoms with Crippen molar-refractivity contribution in [3.63, 3.8) is 0 Å². The molecule has 0 aliphatic carbocycles. The van der Waals surface area contributed by atoms with Gasteiger partial charge in [0.05, 0.1) is 0 Å². The quantitative estimate of drug-likeness (QED) is 0.196. The summed E-state index contributed by atoms with van der Waals surface area (Å²) in [6.45, 7) is 3.94. The molecule has 4 rings (SSSR count). The molecule has 2 aromatic carbocycles. The number of fused-ring (bicyclic) bond motifs is 1. The first-order valence-corrected chi connectivity index (χ1v) is 14.3. The van der Waals surface area contributed by atoms with Gasteiger partial charge in [-0.3, -0.25) is 14.4 Å². The minimum absolute atomic E-state index is 0.0725. The fraction of sp³-hybridized carbons (Fsp3) is 0.357. The average Bonchev–Trinajstić information content (AvgIpc) is 3.26. The molecule has 0 bridgehead atoms. The summed E-state index contributed by atoms with van der Waals surface area (Å²) < 4.78 is 34.9. The molecule has 1 saturated heterocycles. The topological polar surface area (TPSA) is 163 Å². The minimum Gasteiger partial charge on any atom is -0.253 e. The molecule has 0 radical (unpaired) electrons. The number of aromatic nitrogens is 1. The SMILES string of the molecule is CC(=O)OC[C@H]1O[C@@H](OC(=O)c2ccc(-n3[se]c4ccccc4c3=O)cc2)[C@H](OC(C)=O)[C@@H](OC(C)=O)[C@@H]1OC(C)=O. The number of rotatable bonds is 8. The number of esters is 5. The Morgan fingerprint density at radius 1 is 0.762 bits per heavy atom. The van der Waals surface area contributed by atoms with Crippen LogP contribution in [-0.2, 0) is 47.6 Å². The van der Waals surface area contributed by atoms with E-state index in [2.05, 4.69) is 0 Å². The van der Waals surface area contributed by atoms with Gasteiger partial charge in [0.1, 0.15) is 0 Å². The summed E-state index contributed by atoms with van der Waals surface area (Å²) in [5, 5.41) is 0.629. The average molecular weight is 648 g/mol. The molecule has 1 aromatic heterocycles. The van der Waals surface area contributed by atoms with Crippen molar-refractivity contribution in [2.45, 2.75) is 58.4 Å². The molecule has 13 nitrogen and oxygen atoms in total. The van der Waals surface area contributed by atoms with E-state index in [9.17, 15) is 28.8 Å². The van der Waals surface area contributed by atoms with Crippen molar-refractivity contribution in [2.75, 3.05) is 6.61 Å². The van der Waals surface area contributed by atoms with Gasteiger partial charge in [0.25, 0.3) is 0 Å². The van der Waals surface area contributed by atoms with E-state index in [4.69, 9.17) is 28.4 Å². The van der Waals surface area contributed by atoms with Crippen LogP contribution < -0.4 is 5.56 Å². The number of hydrogen-bond acceptors (Lipinski definition) is 12. The van der Waals surface area contributed by atoms with E-state index in [0.29, 0.717) is 11.1 Å². The maximum absolute atomic E-state index is 13.2. The van der Waals surface area contributed by atoms with Gasteiger partial charge in [0.2, 0.25) is 0 Å². The summed E-state index contributed by atoms with van der Waals surface area (Å²) in [7, 11) is 0. The third-order valence-electron chi connectivity index (χ3n) is 6.00. The fourth-order valence-electron chi connectivity index (χ4n) is 4.33. The normalized spacial score (nSPS) is 21.7. The summed E-state index contributed by atoms with van der Waals surface area (Å²) in [5.74, 6) is -4.01. The second kappa shape index (κ2) is 13.1. The third-order valence-corrected chi connectivity index (χ3v) is 8.33. The molecule has 1 fully saturated rings. The van der Waals surface area contributed by atoms with Crippen LogP contribution in [0, 0.1) is 0 Å². The first kappa shape index (κ1) is 30.7. The Labute approximate surface area is 245 Å². The number of carbonyl (C=O) groups is 5. The van der Waals surface area contributed by atoms with Crippen molar-refractivity contribution in [1.29, 1.82) is 0 Å². The predicted octanol–water partition coefficient (Wildman–Crippen LogP) is 1.29. The molecule has 0 spiro atoms. The molecule has 3 aromatic rings. The van der Waals surface area contributed by atoms with E-state index >= 15 is 0 Å². The second-order valence-corrected chi connectivity index (χ2v) is 11.3. The molecular weight excluding hydrogens is 621 g/mol. The Bertz CT molecular complexity index is 1560. The van der Waals surface area contributed by atoms with Crippen molar-refractivity contribution in [3.05, 3.63) is 64.4 Å². The van der Waals surface area contributed by atoms with Gasteiger partial charge in [-0.15, -0.1) is 0 Å². The van der Waals surface area contributed by atoms with Crippen LogP contribution in [0.25, 0.3) is 15.3 Å². The predicted molar refractivity (Wildman–Crippen MR) is 144 cm³/mol. The molecule has 1 aliphatic rings. The van der Waals surface area contributed by atoms with Gasteiger partial charge >= 0.3 is 210 Å². The third kappa shape index (κ3) is 7.14. The Morgan fingerprint density at radius 2 is 1.36 bits per heavy atom. The van der Waals surface area contributed by atoms with Gasteiger partial charge in [0, 0.05) is 20.8 Å². The molecule has 14 heteroatoms. The first-order valence-electron chi connectivity index (χ1n) is 12.7. The molecule has 0 saturated carbocycles. The number of hydrogen-bond donors (Lipinski definition) is 0. The van der Waals surface area contributed by atoms with E-state index in [-0.39, 0.29) is 25.9 Å². The van der Waals surface area contributed by atoms with E-state index < -0.39 is 67.2 Å².